The second-order valence-electron chi connectivity index (χ2n) is 2.99. The Hall–Kier alpha value is -1.88. The van der Waals surface area contributed by atoms with E-state index >= 15 is 0 Å². The summed E-state index contributed by atoms with van der Waals surface area (Å²) in [5.74, 6) is -1.64. The number of esters is 1. The first-order valence-corrected chi connectivity index (χ1v) is 4.85. The molecular formula is C10H6F3NO3S. The molecule has 4 nitrogen and oxygen atoms in total. The first-order valence-electron chi connectivity index (χ1n) is 4.40. The van der Waals surface area contributed by atoms with Crippen molar-refractivity contribution >= 4 is 18.6 Å². The Bertz CT molecular complexity index is 522. The molecule has 1 aromatic rings. The van der Waals surface area contributed by atoms with E-state index < -0.39 is 23.0 Å². The maximum atomic E-state index is 12.1. The first kappa shape index (κ1) is 14.2. The minimum absolute atomic E-state index is 0.152. The van der Waals surface area contributed by atoms with Gasteiger partial charge in [-0.2, -0.15) is 5.26 Å². The summed E-state index contributed by atoms with van der Waals surface area (Å²) in [5, 5.41) is 8.76. The monoisotopic (exact) mass is 277 g/mol. The lowest BCUT2D eigenvalue weighted by atomic mass is 10.1. The summed E-state index contributed by atoms with van der Waals surface area (Å²) in [6.45, 7) is 0. The minimum Gasteiger partial charge on any atom is -0.465 e. The lowest BCUT2D eigenvalue weighted by Gasteiger charge is -2.13. The number of thiol groups is 1. The number of alkyl halides is 3. The summed E-state index contributed by atoms with van der Waals surface area (Å²) < 4.78 is 44.3. The van der Waals surface area contributed by atoms with Crippen LogP contribution in [0.15, 0.2) is 17.0 Å². The molecule has 0 saturated heterocycles. The van der Waals surface area contributed by atoms with Crippen molar-refractivity contribution in [3.63, 3.8) is 0 Å². The summed E-state index contributed by atoms with van der Waals surface area (Å²) in [6.07, 6.45) is -4.92. The van der Waals surface area contributed by atoms with E-state index in [1.54, 1.807) is 6.07 Å². The van der Waals surface area contributed by atoms with Gasteiger partial charge in [-0.05, 0) is 12.1 Å². The maximum Gasteiger partial charge on any atom is 0.573 e. The van der Waals surface area contributed by atoms with Gasteiger partial charge in [0.25, 0.3) is 0 Å². The van der Waals surface area contributed by atoms with Gasteiger partial charge in [-0.3, -0.25) is 0 Å². The highest BCUT2D eigenvalue weighted by Gasteiger charge is 2.33. The molecule has 1 rings (SSSR count). The fourth-order valence-electron chi connectivity index (χ4n) is 1.18. The molecule has 0 heterocycles. The van der Waals surface area contributed by atoms with Gasteiger partial charge in [0, 0.05) is 0 Å². The van der Waals surface area contributed by atoms with Gasteiger partial charge in [0.15, 0.2) is 0 Å². The molecule has 8 heteroatoms. The number of ether oxygens (including phenoxy) is 2. The molecule has 0 atom stereocenters. The third-order valence-corrected chi connectivity index (χ3v) is 2.32. The number of carbonyl (C=O) groups is 1. The van der Waals surface area contributed by atoms with E-state index in [1.165, 1.54) is 0 Å². The average molecular weight is 277 g/mol. The second kappa shape index (κ2) is 5.18. The van der Waals surface area contributed by atoms with Gasteiger partial charge in [0.2, 0.25) is 0 Å². The molecule has 96 valence electrons. The highest BCUT2D eigenvalue weighted by Crippen LogP contribution is 2.33. The van der Waals surface area contributed by atoms with Crippen LogP contribution >= 0.6 is 12.6 Å². The molecule has 0 saturated carbocycles. The lowest BCUT2D eigenvalue weighted by Crippen LogP contribution is -2.18. The Morgan fingerprint density at radius 2 is 2.06 bits per heavy atom. The molecule has 0 aliphatic carbocycles. The largest absolute Gasteiger partial charge is 0.573 e. The lowest BCUT2D eigenvalue weighted by molar-refractivity contribution is -0.275. The van der Waals surface area contributed by atoms with Crippen LogP contribution in [-0.2, 0) is 4.74 Å². The fourth-order valence-corrected chi connectivity index (χ4v) is 1.51. The Balaban J connectivity index is 3.35. The third-order valence-electron chi connectivity index (χ3n) is 1.88. The SMILES string of the molecule is COC(=O)c1c(C#N)ccc(OC(F)(F)F)c1S. The molecule has 0 radical (unpaired) electrons. The van der Waals surface area contributed by atoms with E-state index in [0.717, 1.165) is 19.2 Å². The van der Waals surface area contributed by atoms with Crippen LogP contribution in [0.3, 0.4) is 0 Å². The third kappa shape index (κ3) is 3.07. The average Bonchev–Trinajstić information content (AvgIpc) is 2.29. The van der Waals surface area contributed by atoms with Crippen molar-refractivity contribution < 1.29 is 27.4 Å². The van der Waals surface area contributed by atoms with Crippen LogP contribution in [0, 0.1) is 11.3 Å². The number of benzene rings is 1. The number of carbonyl (C=O) groups excluding carboxylic acids is 1. The van der Waals surface area contributed by atoms with Crippen LogP contribution < -0.4 is 4.74 Å². The zero-order valence-electron chi connectivity index (χ0n) is 8.91. The molecular weight excluding hydrogens is 271 g/mol. The van der Waals surface area contributed by atoms with Crippen molar-refractivity contribution in [1.29, 1.82) is 5.26 Å². The van der Waals surface area contributed by atoms with Crippen LogP contribution in [0.5, 0.6) is 5.75 Å². The van der Waals surface area contributed by atoms with Crippen LogP contribution in [0.25, 0.3) is 0 Å². The van der Waals surface area contributed by atoms with E-state index in [-0.39, 0.29) is 11.1 Å². The van der Waals surface area contributed by atoms with Crippen molar-refractivity contribution in [2.45, 2.75) is 11.3 Å². The zero-order chi connectivity index (χ0) is 13.9. The van der Waals surface area contributed by atoms with Crippen molar-refractivity contribution in [3.05, 3.63) is 23.3 Å². The number of hydrogen-bond donors (Lipinski definition) is 1. The summed E-state index contributed by atoms with van der Waals surface area (Å²) in [4.78, 5) is 11.0. The van der Waals surface area contributed by atoms with Crippen LogP contribution in [0.2, 0.25) is 0 Å². The molecule has 0 amide bonds. The van der Waals surface area contributed by atoms with Gasteiger partial charge in [-0.15, -0.1) is 25.8 Å². The van der Waals surface area contributed by atoms with Crippen molar-refractivity contribution in [3.8, 4) is 11.8 Å². The van der Waals surface area contributed by atoms with E-state index in [1.807, 2.05) is 0 Å². The van der Waals surface area contributed by atoms with Crippen LogP contribution in [0.1, 0.15) is 15.9 Å². The van der Waals surface area contributed by atoms with E-state index in [4.69, 9.17) is 5.26 Å². The molecule has 1 aromatic carbocycles. The van der Waals surface area contributed by atoms with E-state index in [9.17, 15) is 18.0 Å². The smallest absolute Gasteiger partial charge is 0.465 e. The predicted molar refractivity (Wildman–Crippen MR) is 56.4 cm³/mol. The van der Waals surface area contributed by atoms with Gasteiger partial charge >= 0.3 is 12.3 Å². The fraction of sp³-hybridized carbons (Fsp3) is 0.200. The number of nitrogens with zero attached hydrogens (tertiary/aromatic N) is 1. The highest BCUT2D eigenvalue weighted by atomic mass is 32.1. The molecule has 0 aromatic heterocycles. The standard InChI is InChI=1S/C10H6F3NO3S/c1-16-9(15)7-5(4-14)2-3-6(8(7)18)17-10(11,12)13/h2-3,18H,1H3. The van der Waals surface area contributed by atoms with Gasteiger partial charge in [-0.25, -0.2) is 4.79 Å². The van der Waals surface area contributed by atoms with Gasteiger partial charge in [-0.1, -0.05) is 0 Å². The zero-order valence-corrected chi connectivity index (χ0v) is 9.80. The Morgan fingerprint density at radius 3 is 2.50 bits per heavy atom. The van der Waals surface area contributed by atoms with E-state index in [0.29, 0.717) is 0 Å². The first-order chi connectivity index (χ1) is 8.30. The Labute approximate surface area is 105 Å². The Morgan fingerprint density at radius 1 is 1.44 bits per heavy atom. The van der Waals surface area contributed by atoms with E-state index in [2.05, 4.69) is 22.1 Å². The summed E-state index contributed by atoms with van der Waals surface area (Å²) in [5.41, 5.74) is -0.522. The molecule has 0 N–H and O–H groups in total. The molecule has 0 spiro atoms. The summed E-state index contributed by atoms with van der Waals surface area (Å²) in [6, 6.07) is 3.58. The van der Waals surface area contributed by atoms with Crippen LogP contribution in [0.4, 0.5) is 13.2 Å². The minimum atomic E-state index is -4.92. The molecule has 0 aliphatic heterocycles. The quantitative estimate of drug-likeness (QED) is 0.666. The van der Waals surface area contributed by atoms with Crippen LogP contribution in [-0.4, -0.2) is 19.4 Å². The summed E-state index contributed by atoms with van der Waals surface area (Å²) >= 11 is 3.76. The van der Waals surface area contributed by atoms with Gasteiger partial charge in [0.05, 0.1) is 23.1 Å². The number of hydrogen-bond acceptors (Lipinski definition) is 5. The molecule has 0 bridgehead atoms. The molecule has 0 fully saturated rings. The van der Waals surface area contributed by atoms with Crippen molar-refractivity contribution in [2.24, 2.45) is 0 Å². The number of methoxy groups -OCH3 is 1. The molecule has 18 heavy (non-hydrogen) atoms. The second-order valence-corrected chi connectivity index (χ2v) is 3.43. The number of halogens is 3. The normalized spacial score (nSPS) is 10.7. The molecule has 0 unspecified atom stereocenters. The number of rotatable bonds is 2. The predicted octanol–water partition coefficient (Wildman–Crippen LogP) is 2.53. The maximum absolute atomic E-state index is 12.1. The van der Waals surface area contributed by atoms with Gasteiger partial charge in [0.1, 0.15) is 11.8 Å². The van der Waals surface area contributed by atoms with Crippen molar-refractivity contribution in [2.75, 3.05) is 7.11 Å². The topological polar surface area (TPSA) is 59.3 Å². The summed E-state index contributed by atoms with van der Waals surface area (Å²) in [7, 11) is 1.04. The molecule has 0 aliphatic rings. The van der Waals surface area contributed by atoms with Crippen molar-refractivity contribution in [1.82, 2.24) is 0 Å². The number of nitriles is 1. The highest BCUT2D eigenvalue weighted by molar-refractivity contribution is 7.80. The van der Waals surface area contributed by atoms with Gasteiger partial charge < -0.3 is 9.47 Å². The Kier molecular flexibility index (Phi) is 4.08.